The summed E-state index contributed by atoms with van der Waals surface area (Å²) >= 11 is 0. The molecule has 0 bridgehead atoms. The first-order chi connectivity index (χ1) is 16.7. The number of aromatic nitrogens is 3. The number of carbonyl (C=O) groups excluding carboxylic acids is 2. The number of carbonyl (C=O) groups is 2. The van der Waals surface area contributed by atoms with Crippen molar-refractivity contribution in [1.82, 2.24) is 14.8 Å². The molecule has 2 aromatic carbocycles. The highest BCUT2D eigenvalue weighted by Gasteiger charge is 2.21. The van der Waals surface area contributed by atoms with Crippen LogP contribution in [0.4, 0.5) is 5.69 Å². The maximum absolute atomic E-state index is 12.9. The van der Waals surface area contributed by atoms with E-state index in [2.05, 4.69) is 17.1 Å². The minimum atomic E-state index is -0.104. The second kappa shape index (κ2) is 9.67. The summed E-state index contributed by atoms with van der Waals surface area (Å²) in [5.74, 6) is 0.0293. The van der Waals surface area contributed by atoms with Crippen LogP contribution in [-0.4, -0.2) is 33.0 Å². The van der Waals surface area contributed by atoms with E-state index >= 15 is 0 Å². The molecule has 168 valence electrons. The lowest BCUT2D eigenvalue weighted by atomic mass is 10.1. The maximum Gasteiger partial charge on any atom is 0.227 e. The van der Waals surface area contributed by atoms with Crippen molar-refractivity contribution in [3.8, 4) is 11.3 Å². The van der Waals surface area contributed by atoms with Crippen molar-refractivity contribution in [2.75, 3.05) is 11.4 Å². The number of nitrogens with zero attached hydrogens (tertiary/aromatic N) is 4. The molecule has 6 heteroatoms. The number of amides is 1. The van der Waals surface area contributed by atoms with Gasteiger partial charge in [0.05, 0.1) is 6.54 Å². The van der Waals surface area contributed by atoms with E-state index in [-0.39, 0.29) is 11.7 Å². The molecule has 1 aliphatic heterocycles. The summed E-state index contributed by atoms with van der Waals surface area (Å²) in [7, 11) is 0. The second-order valence-electron chi connectivity index (χ2n) is 8.25. The number of benzene rings is 2. The average molecular weight is 449 g/mol. The standard InChI is InChI=1S/C28H24N4O2/c33-26(22-10-13-25(14-11-22)32-17-5-9-27(32)34)15-12-24-20-31(19-21-6-2-1-3-7-21)30-28(24)23-8-4-16-29-18-23/h1-4,6-8,10-16,18,20H,5,9,17,19H2/b15-12+. The van der Waals surface area contributed by atoms with Gasteiger partial charge in [0.1, 0.15) is 5.69 Å². The van der Waals surface area contributed by atoms with Gasteiger partial charge in [0.15, 0.2) is 5.78 Å². The molecule has 1 aliphatic rings. The zero-order chi connectivity index (χ0) is 23.3. The Labute approximate surface area is 198 Å². The topological polar surface area (TPSA) is 68.1 Å². The van der Waals surface area contributed by atoms with Gasteiger partial charge in [-0.15, -0.1) is 0 Å². The Balaban J connectivity index is 1.38. The Morgan fingerprint density at radius 2 is 1.82 bits per heavy atom. The van der Waals surface area contributed by atoms with Crippen LogP contribution in [0.15, 0.2) is 91.4 Å². The van der Waals surface area contributed by atoms with Crippen molar-refractivity contribution >= 4 is 23.5 Å². The molecule has 2 aromatic heterocycles. The number of anilines is 1. The van der Waals surface area contributed by atoms with Crippen LogP contribution in [0.3, 0.4) is 0 Å². The lowest BCUT2D eigenvalue weighted by molar-refractivity contribution is -0.117. The summed E-state index contributed by atoms with van der Waals surface area (Å²) < 4.78 is 1.88. The fraction of sp³-hybridized carbons (Fsp3) is 0.143. The minimum absolute atomic E-state index is 0.104. The molecule has 1 fully saturated rings. The van der Waals surface area contributed by atoms with Gasteiger partial charge in [-0.25, -0.2) is 0 Å². The van der Waals surface area contributed by atoms with Gasteiger partial charge in [0.25, 0.3) is 0 Å². The van der Waals surface area contributed by atoms with Gasteiger partial charge in [0.2, 0.25) is 5.91 Å². The quantitative estimate of drug-likeness (QED) is 0.294. The van der Waals surface area contributed by atoms with Crippen molar-refractivity contribution < 1.29 is 9.59 Å². The van der Waals surface area contributed by atoms with E-state index < -0.39 is 0 Å². The van der Waals surface area contributed by atoms with Crippen molar-refractivity contribution in [2.24, 2.45) is 0 Å². The third kappa shape index (κ3) is 4.71. The van der Waals surface area contributed by atoms with Crippen LogP contribution < -0.4 is 4.90 Å². The normalized spacial score (nSPS) is 13.6. The van der Waals surface area contributed by atoms with E-state index in [1.54, 1.807) is 41.6 Å². The first kappa shape index (κ1) is 21.5. The molecular weight excluding hydrogens is 424 g/mol. The van der Waals surface area contributed by atoms with E-state index in [0.29, 0.717) is 18.5 Å². The first-order valence-electron chi connectivity index (χ1n) is 11.3. The summed E-state index contributed by atoms with van der Waals surface area (Å²) in [6.45, 7) is 1.36. The molecule has 0 saturated carbocycles. The van der Waals surface area contributed by atoms with E-state index in [1.165, 1.54) is 0 Å². The monoisotopic (exact) mass is 448 g/mol. The molecule has 0 radical (unpaired) electrons. The predicted molar refractivity (Wildman–Crippen MR) is 132 cm³/mol. The number of hydrogen-bond acceptors (Lipinski definition) is 4. The lowest BCUT2D eigenvalue weighted by Crippen LogP contribution is -2.23. The van der Waals surface area contributed by atoms with Crippen LogP contribution in [0.5, 0.6) is 0 Å². The Bertz CT molecular complexity index is 1330. The third-order valence-corrected chi connectivity index (χ3v) is 5.86. The zero-order valence-corrected chi connectivity index (χ0v) is 18.7. The van der Waals surface area contributed by atoms with Crippen molar-refractivity contribution in [3.63, 3.8) is 0 Å². The summed E-state index contributed by atoms with van der Waals surface area (Å²) in [4.78, 5) is 30.8. The Kier molecular flexibility index (Phi) is 6.12. The first-order valence-corrected chi connectivity index (χ1v) is 11.3. The second-order valence-corrected chi connectivity index (χ2v) is 8.25. The molecule has 0 N–H and O–H groups in total. The maximum atomic E-state index is 12.9. The van der Waals surface area contributed by atoms with Gasteiger partial charge in [-0.3, -0.25) is 19.3 Å². The van der Waals surface area contributed by atoms with Gasteiger partial charge in [-0.05, 0) is 60.5 Å². The van der Waals surface area contributed by atoms with Crippen LogP contribution in [0.25, 0.3) is 17.3 Å². The highest BCUT2D eigenvalue weighted by molar-refractivity contribution is 6.07. The predicted octanol–water partition coefficient (Wildman–Crippen LogP) is 5.02. The average Bonchev–Trinajstić information content (AvgIpc) is 3.49. The minimum Gasteiger partial charge on any atom is -0.312 e. The molecule has 1 amide bonds. The molecule has 6 nitrogen and oxygen atoms in total. The van der Waals surface area contributed by atoms with Crippen LogP contribution >= 0.6 is 0 Å². The smallest absolute Gasteiger partial charge is 0.227 e. The number of ketones is 1. The number of hydrogen-bond donors (Lipinski definition) is 0. The van der Waals surface area contributed by atoms with Crippen molar-refractivity contribution in [2.45, 2.75) is 19.4 Å². The number of pyridine rings is 1. The van der Waals surface area contributed by atoms with Crippen LogP contribution in [0.2, 0.25) is 0 Å². The van der Waals surface area contributed by atoms with Gasteiger partial charge >= 0.3 is 0 Å². The van der Waals surface area contributed by atoms with Crippen molar-refractivity contribution in [1.29, 1.82) is 0 Å². The summed E-state index contributed by atoms with van der Waals surface area (Å²) in [5, 5.41) is 4.77. The highest BCUT2D eigenvalue weighted by Crippen LogP contribution is 2.24. The largest absolute Gasteiger partial charge is 0.312 e. The molecule has 4 aromatic rings. The van der Waals surface area contributed by atoms with E-state index in [9.17, 15) is 9.59 Å². The number of rotatable bonds is 7. The van der Waals surface area contributed by atoms with E-state index in [1.807, 2.05) is 53.3 Å². The zero-order valence-electron chi connectivity index (χ0n) is 18.7. The van der Waals surface area contributed by atoms with Crippen LogP contribution in [-0.2, 0) is 11.3 Å². The third-order valence-electron chi connectivity index (χ3n) is 5.86. The molecule has 0 spiro atoms. The lowest BCUT2D eigenvalue weighted by Gasteiger charge is -2.15. The summed E-state index contributed by atoms with van der Waals surface area (Å²) in [5.41, 5.74) is 5.06. The molecule has 0 unspecified atom stereocenters. The fourth-order valence-electron chi connectivity index (χ4n) is 4.13. The Morgan fingerprint density at radius 3 is 2.53 bits per heavy atom. The van der Waals surface area contributed by atoms with E-state index in [4.69, 9.17) is 5.10 Å². The molecule has 3 heterocycles. The summed E-state index contributed by atoms with van der Waals surface area (Å²) in [6.07, 6.45) is 10.3. The van der Waals surface area contributed by atoms with Crippen LogP contribution in [0.1, 0.15) is 34.3 Å². The molecule has 34 heavy (non-hydrogen) atoms. The number of allylic oxidation sites excluding steroid dienone is 1. The van der Waals surface area contributed by atoms with Crippen LogP contribution in [0, 0.1) is 0 Å². The van der Waals surface area contributed by atoms with Gasteiger partial charge in [-0.2, -0.15) is 5.10 Å². The van der Waals surface area contributed by atoms with Crippen molar-refractivity contribution in [3.05, 3.63) is 108 Å². The van der Waals surface area contributed by atoms with Gasteiger partial charge in [0, 0.05) is 53.9 Å². The van der Waals surface area contributed by atoms with Gasteiger partial charge in [-0.1, -0.05) is 30.3 Å². The molecule has 5 rings (SSSR count). The summed E-state index contributed by atoms with van der Waals surface area (Å²) in [6, 6.07) is 21.2. The molecule has 1 saturated heterocycles. The molecular formula is C28H24N4O2. The SMILES string of the molecule is O=C(/C=C/c1cn(Cc2ccccc2)nc1-c1cccnc1)c1ccc(N2CCCC2=O)cc1. The highest BCUT2D eigenvalue weighted by atomic mass is 16.2. The Morgan fingerprint density at radius 1 is 1.00 bits per heavy atom. The molecule has 0 aliphatic carbocycles. The van der Waals surface area contributed by atoms with E-state index in [0.717, 1.165) is 41.0 Å². The Hall–Kier alpha value is -4.32. The molecule has 0 atom stereocenters. The van der Waals surface area contributed by atoms with Gasteiger partial charge < -0.3 is 4.90 Å². The fourth-order valence-corrected chi connectivity index (χ4v) is 4.13.